The summed E-state index contributed by atoms with van der Waals surface area (Å²) >= 11 is 0. The maximum atomic E-state index is 12.4. The first kappa shape index (κ1) is 21.4. The van der Waals surface area contributed by atoms with Gasteiger partial charge in [-0.2, -0.15) is 4.72 Å². The Hall–Kier alpha value is -1.60. The van der Waals surface area contributed by atoms with Crippen molar-refractivity contribution in [1.82, 2.24) is 10.0 Å². The van der Waals surface area contributed by atoms with Gasteiger partial charge in [-0.25, -0.2) is 8.42 Å². The Morgan fingerprint density at radius 1 is 1.08 bits per heavy atom. The van der Waals surface area contributed by atoms with Crippen LogP contribution in [-0.4, -0.2) is 34.0 Å². The summed E-state index contributed by atoms with van der Waals surface area (Å²) in [5.74, 6) is 0.293. The highest BCUT2D eigenvalue weighted by Gasteiger charge is 2.24. The zero-order valence-electron chi connectivity index (χ0n) is 15.4. The van der Waals surface area contributed by atoms with E-state index in [-0.39, 0.29) is 10.8 Å². The third kappa shape index (κ3) is 7.44. The number of nitrogens with one attached hydrogen (secondary N) is 2. The largest absolute Gasteiger partial charge is 0.497 e. The Balaban J connectivity index is 2.56. The van der Waals surface area contributed by atoms with E-state index in [0.717, 1.165) is 19.3 Å². The van der Waals surface area contributed by atoms with Gasteiger partial charge >= 0.3 is 0 Å². The Bertz CT molecular complexity index is 614. The standard InChI is InChI=1S/C18H30N2O4S/c1-4-6-7-8-9-14-19-18(21)17(5-2)20-25(22,23)16-12-10-15(24-3)11-13-16/h10-13,17,20H,4-9,14H2,1-3H3,(H,19,21). The molecule has 1 aromatic rings. The molecule has 0 aromatic heterocycles. The Labute approximate surface area is 151 Å². The number of hydrogen-bond donors (Lipinski definition) is 2. The van der Waals surface area contributed by atoms with E-state index in [9.17, 15) is 13.2 Å². The topological polar surface area (TPSA) is 84.5 Å². The summed E-state index contributed by atoms with van der Waals surface area (Å²) in [6, 6.07) is 5.29. The van der Waals surface area contributed by atoms with Crippen LogP contribution in [0.3, 0.4) is 0 Å². The Kier molecular flexibility index (Phi) is 9.52. The normalized spacial score (nSPS) is 12.6. The quantitative estimate of drug-likeness (QED) is 0.554. The van der Waals surface area contributed by atoms with Crippen molar-refractivity contribution < 1.29 is 17.9 Å². The summed E-state index contributed by atoms with van der Waals surface area (Å²) in [5, 5.41) is 2.82. The van der Waals surface area contributed by atoms with Gasteiger partial charge in [-0.1, -0.05) is 39.5 Å². The van der Waals surface area contributed by atoms with Gasteiger partial charge in [0.1, 0.15) is 11.8 Å². The van der Waals surface area contributed by atoms with Crippen LogP contribution in [0.5, 0.6) is 5.75 Å². The second kappa shape index (κ2) is 11.1. The van der Waals surface area contributed by atoms with Crippen molar-refractivity contribution in [3.05, 3.63) is 24.3 Å². The lowest BCUT2D eigenvalue weighted by Crippen LogP contribution is -2.46. The predicted octanol–water partition coefficient (Wildman–Crippen LogP) is 2.84. The SMILES string of the molecule is CCCCCCCNC(=O)C(CC)NS(=O)(=O)c1ccc(OC)cc1. The number of sulfonamides is 1. The van der Waals surface area contributed by atoms with Gasteiger partial charge in [0.15, 0.2) is 0 Å². The van der Waals surface area contributed by atoms with Crippen molar-refractivity contribution in [2.45, 2.75) is 63.3 Å². The van der Waals surface area contributed by atoms with Crippen LogP contribution in [0.4, 0.5) is 0 Å². The molecule has 6 nitrogen and oxygen atoms in total. The number of methoxy groups -OCH3 is 1. The number of carbonyl (C=O) groups is 1. The minimum absolute atomic E-state index is 0.110. The molecule has 0 aliphatic heterocycles. The molecule has 142 valence electrons. The van der Waals surface area contributed by atoms with E-state index in [1.54, 1.807) is 19.1 Å². The van der Waals surface area contributed by atoms with Crippen LogP contribution in [0.2, 0.25) is 0 Å². The van der Waals surface area contributed by atoms with Crippen LogP contribution in [0.15, 0.2) is 29.2 Å². The van der Waals surface area contributed by atoms with Crippen LogP contribution in [-0.2, 0) is 14.8 Å². The molecular weight excluding hydrogens is 340 g/mol. The van der Waals surface area contributed by atoms with Crippen LogP contribution in [0.1, 0.15) is 52.4 Å². The van der Waals surface area contributed by atoms with E-state index in [1.165, 1.54) is 32.1 Å². The highest BCUT2D eigenvalue weighted by molar-refractivity contribution is 7.89. The van der Waals surface area contributed by atoms with Crippen LogP contribution in [0.25, 0.3) is 0 Å². The first-order valence-electron chi connectivity index (χ1n) is 8.88. The summed E-state index contributed by atoms with van der Waals surface area (Å²) in [6.07, 6.45) is 5.91. The van der Waals surface area contributed by atoms with E-state index in [1.807, 2.05) is 0 Å². The van der Waals surface area contributed by atoms with Gasteiger partial charge in [0.25, 0.3) is 0 Å². The van der Waals surface area contributed by atoms with Crippen LogP contribution >= 0.6 is 0 Å². The molecule has 1 amide bonds. The highest BCUT2D eigenvalue weighted by Crippen LogP contribution is 2.16. The van der Waals surface area contributed by atoms with Crippen LogP contribution in [0, 0.1) is 0 Å². The molecule has 0 aliphatic carbocycles. The number of ether oxygens (including phenoxy) is 1. The molecule has 1 rings (SSSR count). The smallest absolute Gasteiger partial charge is 0.241 e. The fraction of sp³-hybridized carbons (Fsp3) is 0.611. The lowest BCUT2D eigenvalue weighted by molar-refractivity contribution is -0.122. The number of hydrogen-bond acceptors (Lipinski definition) is 4. The minimum Gasteiger partial charge on any atom is -0.497 e. The fourth-order valence-electron chi connectivity index (χ4n) is 2.40. The maximum Gasteiger partial charge on any atom is 0.241 e. The molecule has 0 aliphatic rings. The predicted molar refractivity (Wildman–Crippen MR) is 99.2 cm³/mol. The summed E-state index contributed by atoms with van der Waals surface area (Å²) in [7, 11) is -2.24. The number of carbonyl (C=O) groups excluding carboxylic acids is 1. The van der Waals surface area contributed by atoms with Crippen molar-refractivity contribution in [2.24, 2.45) is 0 Å². The van der Waals surface area contributed by atoms with Gasteiger partial charge in [0.2, 0.25) is 15.9 Å². The zero-order chi connectivity index (χ0) is 18.7. The molecule has 25 heavy (non-hydrogen) atoms. The number of unbranched alkanes of at least 4 members (excludes halogenated alkanes) is 4. The van der Waals surface area contributed by atoms with E-state index in [2.05, 4.69) is 17.0 Å². The molecule has 0 heterocycles. The molecule has 1 unspecified atom stereocenters. The van der Waals surface area contributed by atoms with Crippen molar-refractivity contribution in [3.63, 3.8) is 0 Å². The molecule has 0 spiro atoms. The third-order valence-electron chi connectivity index (χ3n) is 3.97. The van der Waals surface area contributed by atoms with Gasteiger partial charge in [-0.05, 0) is 37.1 Å². The molecule has 0 fully saturated rings. The average molecular weight is 371 g/mol. The van der Waals surface area contributed by atoms with Crippen molar-refractivity contribution in [2.75, 3.05) is 13.7 Å². The van der Waals surface area contributed by atoms with Gasteiger partial charge in [-0.3, -0.25) is 4.79 Å². The number of rotatable bonds is 12. The first-order valence-corrected chi connectivity index (χ1v) is 10.4. The molecular formula is C18H30N2O4S. The lowest BCUT2D eigenvalue weighted by Gasteiger charge is -2.17. The molecule has 0 saturated carbocycles. The summed E-state index contributed by atoms with van der Waals surface area (Å²) in [4.78, 5) is 12.3. The molecule has 0 saturated heterocycles. The number of benzene rings is 1. The molecule has 2 N–H and O–H groups in total. The van der Waals surface area contributed by atoms with Gasteiger partial charge < -0.3 is 10.1 Å². The van der Waals surface area contributed by atoms with Crippen molar-refractivity contribution in [1.29, 1.82) is 0 Å². The maximum absolute atomic E-state index is 12.4. The zero-order valence-corrected chi connectivity index (χ0v) is 16.2. The highest BCUT2D eigenvalue weighted by atomic mass is 32.2. The Morgan fingerprint density at radius 3 is 2.28 bits per heavy atom. The lowest BCUT2D eigenvalue weighted by atomic mass is 10.1. The molecule has 1 aromatic carbocycles. The van der Waals surface area contributed by atoms with E-state index < -0.39 is 16.1 Å². The third-order valence-corrected chi connectivity index (χ3v) is 5.46. The molecule has 1 atom stereocenters. The second-order valence-electron chi connectivity index (χ2n) is 5.96. The van der Waals surface area contributed by atoms with E-state index in [4.69, 9.17) is 4.74 Å². The Morgan fingerprint density at radius 2 is 1.72 bits per heavy atom. The van der Waals surface area contributed by atoms with Gasteiger partial charge in [0, 0.05) is 6.54 Å². The van der Waals surface area contributed by atoms with Gasteiger partial charge in [0.05, 0.1) is 12.0 Å². The first-order chi connectivity index (χ1) is 11.9. The minimum atomic E-state index is -3.75. The van der Waals surface area contributed by atoms with Crippen molar-refractivity contribution in [3.8, 4) is 5.75 Å². The summed E-state index contributed by atoms with van der Waals surface area (Å²) < 4.78 is 32.3. The van der Waals surface area contributed by atoms with Crippen molar-refractivity contribution >= 4 is 15.9 Å². The monoisotopic (exact) mass is 370 g/mol. The average Bonchev–Trinajstić information content (AvgIpc) is 2.62. The molecule has 0 radical (unpaired) electrons. The van der Waals surface area contributed by atoms with E-state index in [0.29, 0.717) is 18.7 Å². The second-order valence-corrected chi connectivity index (χ2v) is 7.68. The van der Waals surface area contributed by atoms with E-state index >= 15 is 0 Å². The number of amides is 1. The summed E-state index contributed by atoms with van der Waals surface area (Å²) in [5.41, 5.74) is 0. The van der Waals surface area contributed by atoms with Gasteiger partial charge in [-0.15, -0.1) is 0 Å². The molecule has 0 bridgehead atoms. The fourth-order valence-corrected chi connectivity index (χ4v) is 3.67. The molecule has 7 heteroatoms. The van der Waals surface area contributed by atoms with Crippen LogP contribution < -0.4 is 14.8 Å². The summed E-state index contributed by atoms with van der Waals surface area (Å²) in [6.45, 7) is 4.51.